The van der Waals surface area contributed by atoms with Crippen LogP contribution < -0.4 is 5.73 Å². The largest absolute Gasteiger partial charge is 0.330 e. The van der Waals surface area contributed by atoms with Gasteiger partial charge in [0.15, 0.2) is 0 Å². The van der Waals surface area contributed by atoms with Crippen LogP contribution in [0.1, 0.15) is 47.0 Å². The molecule has 0 radical (unpaired) electrons. The molecule has 0 heterocycles. The monoisotopic (exact) mass is 186 g/mol. The highest BCUT2D eigenvalue weighted by Gasteiger charge is 2.26. The van der Waals surface area contributed by atoms with Crippen molar-refractivity contribution in [3.63, 3.8) is 0 Å². The summed E-state index contributed by atoms with van der Waals surface area (Å²) in [6.45, 7) is 9.87. The molecule has 0 fully saturated rings. The Labute approximate surface area is 83.5 Å². The van der Waals surface area contributed by atoms with E-state index in [2.05, 4.69) is 39.6 Å². The van der Waals surface area contributed by atoms with Crippen molar-refractivity contribution in [2.24, 2.45) is 5.73 Å². The van der Waals surface area contributed by atoms with Crippen molar-refractivity contribution in [1.29, 1.82) is 0 Å². The third kappa shape index (κ3) is 3.65. The standard InChI is InChI=1S/C11H26N2/c1-6-10(8-9-12)13(5)11(3,4)7-2/h10H,6-9,12H2,1-5H3. The fourth-order valence-corrected chi connectivity index (χ4v) is 1.61. The summed E-state index contributed by atoms with van der Waals surface area (Å²) in [7, 11) is 2.22. The van der Waals surface area contributed by atoms with Crippen LogP contribution in [-0.4, -0.2) is 30.1 Å². The molecule has 0 aromatic heterocycles. The number of hydrogen-bond donors (Lipinski definition) is 1. The van der Waals surface area contributed by atoms with Crippen LogP contribution in [0.5, 0.6) is 0 Å². The minimum Gasteiger partial charge on any atom is -0.330 e. The Hall–Kier alpha value is -0.0800. The van der Waals surface area contributed by atoms with Gasteiger partial charge in [-0.3, -0.25) is 4.90 Å². The molecule has 13 heavy (non-hydrogen) atoms. The van der Waals surface area contributed by atoms with E-state index < -0.39 is 0 Å². The second-order valence-electron chi connectivity index (χ2n) is 4.42. The summed E-state index contributed by atoms with van der Waals surface area (Å²) >= 11 is 0. The summed E-state index contributed by atoms with van der Waals surface area (Å²) in [6.07, 6.45) is 3.48. The molecule has 0 spiro atoms. The summed E-state index contributed by atoms with van der Waals surface area (Å²) in [4.78, 5) is 2.47. The number of hydrogen-bond acceptors (Lipinski definition) is 2. The Bertz CT molecular complexity index is 132. The molecule has 0 aromatic rings. The lowest BCUT2D eigenvalue weighted by Gasteiger charge is -2.40. The quantitative estimate of drug-likeness (QED) is 0.689. The maximum atomic E-state index is 5.60. The van der Waals surface area contributed by atoms with E-state index in [9.17, 15) is 0 Å². The number of rotatable bonds is 6. The van der Waals surface area contributed by atoms with E-state index in [0.29, 0.717) is 11.6 Å². The maximum absolute atomic E-state index is 5.60. The molecule has 2 heteroatoms. The minimum atomic E-state index is 0.301. The van der Waals surface area contributed by atoms with Crippen molar-refractivity contribution < 1.29 is 0 Å². The van der Waals surface area contributed by atoms with Gasteiger partial charge in [0.2, 0.25) is 0 Å². The van der Waals surface area contributed by atoms with Gasteiger partial charge in [-0.25, -0.2) is 0 Å². The number of nitrogens with two attached hydrogens (primary N) is 1. The SMILES string of the molecule is CCC(CCN)N(C)C(C)(C)CC. The summed E-state index contributed by atoms with van der Waals surface area (Å²) in [5.41, 5.74) is 5.90. The molecule has 0 saturated heterocycles. The molecule has 0 saturated carbocycles. The predicted octanol–water partition coefficient (Wildman–Crippen LogP) is 2.23. The van der Waals surface area contributed by atoms with Gasteiger partial charge in [0.1, 0.15) is 0 Å². The normalized spacial score (nSPS) is 15.0. The lowest BCUT2D eigenvalue weighted by molar-refractivity contribution is 0.0905. The molecule has 0 rings (SSSR count). The lowest BCUT2D eigenvalue weighted by atomic mass is 9.96. The number of nitrogens with zero attached hydrogens (tertiary/aromatic N) is 1. The van der Waals surface area contributed by atoms with Gasteiger partial charge >= 0.3 is 0 Å². The van der Waals surface area contributed by atoms with Crippen molar-refractivity contribution in [2.75, 3.05) is 13.6 Å². The van der Waals surface area contributed by atoms with E-state index in [4.69, 9.17) is 5.73 Å². The first-order chi connectivity index (χ1) is 5.99. The van der Waals surface area contributed by atoms with E-state index >= 15 is 0 Å². The highest BCUT2D eigenvalue weighted by molar-refractivity contribution is 4.82. The molecule has 2 N–H and O–H groups in total. The van der Waals surface area contributed by atoms with Gasteiger partial charge in [0.05, 0.1) is 0 Å². The Balaban J connectivity index is 4.26. The van der Waals surface area contributed by atoms with Crippen LogP contribution >= 0.6 is 0 Å². The van der Waals surface area contributed by atoms with Crippen LogP contribution in [-0.2, 0) is 0 Å². The average Bonchev–Trinajstić information content (AvgIpc) is 2.13. The van der Waals surface area contributed by atoms with Crippen LogP contribution in [0.15, 0.2) is 0 Å². The van der Waals surface area contributed by atoms with E-state index in [1.54, 1.807) is 0 Å². The Morgan fingerprint density at radius 1 is 1.31 bits per heavy atom. The highest BCUT2D eigenvalue weighted by Crippen LogP contribution is 2.21. The molecule has 80 valence electrons. The Morgan fingerprint density at radius 2 is 1.85 bits per heavy atom. The van der Waals surface area contributed by atoms with Crippen LogP contribution in [0.3, 0.4) is 0 Å². The fourth-order valence-electron chi connectivity index (χ4n) is 1.61. The smallest absolute Gasteiger partial charge is 0.0150 e. The zero-order valence-electron chi connectivity index (χ0n) is 9.93. The molecule has 1 atom stereocenters. The van der Waals surface area contributed by atoms with Crippen LogP contribution in [0.4, 0.5) is 0 Å². The van der Waals surface area contributed by atoms with Crippen molar-refractivity contribution in [3.8, 4) is 0 Å². The van der Waals surface area contributed by atoms with Crippen molar-refractivity contribution in [2.45, 2.75) is 58.5 Å². The molecule has 2 nitrogen and oxygen atoms in total. The van der Waals surface area contributed by atoms with E-state index in [1.165, 1.54) is 12.8 Å². The van der Waals surface area contributed by atoms with Gasteiger partial charge in [-0.05, 0) is 46.7 Å². The van der Waals surface area contributed by atoms with Crippen molar-refractivity contribution >= 4 is 0 Å². The van der Waals surface area contributed by atoms with E-state index in [-0.39, 0.29) is 0 Å². The van der Waals surface area contributed by atoms with Crippen molar-refractivity contribution in [1.82, 2.24) is 4.90 Å². The van der Waals surface area contributed by atoms with Gasteiger partial charge < -0.3 is 5.73 Å². The first-order valence-corrected chi connectivity index (χ1v) is 5.42. The molecule has 0 aliphatic heterocycles. The first kappa shape index (κ1) is 12.9. The molecule has 0 aliphatic carbocycles. The third-order valence-electron chi connectivity index (χ3n) is 3.34. The summed E-state index contributed by atoms with van der Waals surface area (Å²) < 4.78 is 0. The average molecular weight is 186 g/mol. The van der Waals surface area contributed by atoms with Crippen LogP contribution in [0, 0.1) is 0 Å². The minimum absolute atomic E-state index is 0.301. The van der Waals surface area contributed by atoms with Crippen LogP contribution in [0.25, 0.3) is 0 Å². The fraction of sp³-hybridized carbons (Fsp3) is 1.00. The summed E-state index contributed by atoms with van der Waals surface area (Å²) in [5, 5.41) is 0. The molecule has 1 unspecified atom stereocenters. The van der Waals surface area contributed by atoms with E-state index in [0.717, 1.165) is 13.0 Å². The molecule has 0 aromatic carbocycles. The third-order valence-corrected chi connectivity index (χ3v) is 3.34. The molecule has 0 amide bonds. The summed E-state index contributed by atoms with van der Waals surface area (Å²) in [5.74, 6) is 0. The molecular weight excluding hydrogens is 160 g/mol. The van der Waals surface area contributed by atoms with Gasteiger partial charge in [-0.1, -0.05) is 13.8 Å². The molecule has 0 aliphatic rings. The second kappa shape index (κ2) is 5.61. The second-order valence-corrected chi connectivity index (χ2v) is 4.42. The van der Waals surface area contributed by atoms with Gasteiger partial charge in [0.25, 0.3) is 0 Å². The predicted molar refractivity (Wildman–Crippen MR) is 59.9 cm³/mol. The lowest BCUT2D eigenvalue weighted by Crippen LogP contribution is -2.47. The van der Waals surface area contributed by atoms with E-state index in [1.807, 2.05) is 0 Å². The highest BCUT2D eigenvalue weighted by atomic mass is 15.2. The zero-order chi connectivity index (χ0) is 10.5. The van der Waals surface area contributed by atoms with Gasteiger partial charge in [-0.2, -0.15) is 0 Å². The Kier molecular flexibility index (Phi) is 5.57. The van der Waals surface area contributed by atoms with Gasteiger partial charge in [0, 0.05) is 11.6 Å². The van der Waals surface area contributed by atoms with Gasteiger partial charge in [-0.15, -0.1) is 0 Å². The molecule has 0 bridgehead atoms. The first-order valence-electron chi connectivity index (χ1n) is 5.42. The Morgan fingerprint density at radius 3 is 2.15 bits per heavy atom. The summed E-state index contributed by atoms with van der Waals surface area (Å²) in [6, 6.07) is 0.639. The zero-order valence-corrected chi connectivity index (χ0v) is 9.93. The van der Waals surface area contributed by atoms with Crippen LogP contribution in [0.2, 0.25) is 0 Å². The molecular formula is C11H26N2. The maximum Gasteiger partial charge on any atom is 0.0150 e. The topological polar surface area (TPSA) is 29.3 Å². The van der Waals surface area contributed by atoms with Crippen molar-refractivity contribution in [3.05, 3.63) is 0 Å².